The number of aromatic nitrogens is 2. The number of hydrogen-bond acceptors (Lipinski definition) is 7. The number of carbonyl (C=O) groups excluding carboxylic acids is 2. The number of amides is 2. The van der Waals surface area contributed by atoms with E-state index in [1.807, 2.05) is 0 Å². The molecule has 2 amide bonds. The van der Waals surface area contributed by atoms with Crippen LogP contribution in [0.15, 0.2) is 22.7 Å². The zero-order valence-electron chi connectivity index (χ0n) is 21.2. The summed E-state index contributed by atoms with van der Waals surface area (Å²) in [5.41, 5.74) is -1.07. The Labute approximate surface area is 219 Å². The molecule has 12 heteroatoms. The van der Waals surface area contributed by atoms with Crippen LogP contribution in [0.2, 0.25) is 0 Å². The predicted molar refractivity (Wildman–Crippen MR) is 135 cm³/mol. The molecule has 9 nitrogen and oxygen atoms in total. The van der Waals surface area contributed by atoms with Gasteiger partial charge in [-0.15, -0.1) is 0 Å². The lowest BCUT2D eigenvalue weighted by atomic mass is 9.93. The molecule has 4 heterocycles. The number of halogens is 3. The highest BCUT2D eigenvalue weighted by atomic mass is 19.4. The minimum Gasteiger partial charge on any atom is -0.417 e. The topological polar surface area (TPSA) is 104 Å². The molecule has 3 fully saturated rings. The maximum absolute atomic E-state index is 13.6. The number of piperidine rings is 2. The molecular formula is C26H33F3N6O3. The van der Waals surface area contributed by atoms with Gasteiger partial charge in [-0.05, 0) is 68.9 Å². The molecule has 2 aromatic rings. The van der Waals surface area contributed by atoms with Gasteiger partial charge in [0.1, 0.15) is 5.82 Å². The number of nitrogens with one attached hydrogen (secondary N) is 2. The lowest BCUT2D eigenvalue weighted by Crippen LogP contribution is -2.36. The van der Waals surface area contributed by atoms with E-state index in [0.29, 0.717) is 37.2 Å². The Bertz CT molecular complexity index is 1120. The fraction of sp³-hybridized carbons (Fsp3) is 0.615. The molecule has 0 aromatic carbocycles. The SMILES string of the molecule is O=C(CC1CCN(c2ccc(NC(=O)c3oc(N4CCCCC4)nc3C(F)(F)F)cn2)CC1)NCC1CC1. The van der Waals surface area contributed by atoms with Crippen molar-refractivity contribution in [2.45, 2.75) is 57.5 Å². The molecule has 206 valence electrons. The van der Waals surface area contributed by atoms with Gasteiger partial charge in [-0.1, -0.05) is 0 Å². The molecular weight excluding hydrogens is 501 g/mol. The molecule has 2 N–H and O–H groups in total. The van der Waals surface area contributed by atoms with E-state index in [9.17, 15) is 22.8 Å². The molecule has 1 saturated carbocycles. The van der Waals surface area contributed by atoms with Crippen molar-refractivity contribution in [3.8, 4) is 0 Å². The first-order chi connectivity index (χ1) is 18.3. The molecule has 1 aliphatic carbocycles. The molecule has 0 bridgehead atoms. The van der Waals surface area contributed by atoms with Crippen LogP contribution in [0.25, 0.3) is 0 Å². The number of anilines is 3. The Morgan fingerprint density at radius 2 is 1.71 bits per heavy atom. The molecule has 5 rings (SSSR count). The zero-order valence-corrected chi connectivity index (χ0v) is 21.2. The fourth-order valence-electron chi connectivity index (χ4n) is 4.99. The van der Waals surface area contributed by atoms with Crippen molar-refractivity contribution in [2.75, 3.05) is 47.8 Å². The van der Waals surface area contributed by atoms with E-state index in [4.69, 9.17) is 4.42 Å². The summed E-state index contributed by atoms with van der Waals surface area (Å²) < 4.78 is 46.1. The number of carbonyl (C=O) groups is 2. The van der Waals surface area contributed by atoms with Gasteiger partial charge >= 0.3 is 6.18 Å². The van der Waals surface area contributed by atoms with E-state index in [0.717, 1.165) is 51.7 Å². The Balaban J connectivity index is 1.16. The van der Waals surface area contributed by atoms with E-state index < -0.39 is 23.5 Å². The number of nitrogens with zero attached hydrogens (tertiary/aromatic N) is 4. The maximum atomic E-state index is 13.6. The van der Waals surface area contributed by atoms with Crippen molar-refractivity contribution in [3.63, 3.8) is 0 Å². The number of alkyl halides is 3. The number of hydrogen-bond donors (Lipinski definition) is 2. The van der Waals surface area contributed by atoms with Crippen LogP contribution in [-0.4, -0.2) is 54.5 Å². The molecule has 2 aliphatic heterocycles. The zero-order chi connectivity index (χ0) is 26.7. The first kappa shape index (κ1) is 26.3. The Kier molecular flexibility index (Phi) is 7.75. The monoisotopic (exact) mass is 534 g/mol. The Hall–Kier alpha value is -3.31. The van der Waals surface area contributed by atoms with Crippen molar-refractivity contribution in [2.24, 2.45) is 11.8 Å². The highest BCUT2D eigenvalue weighted by molar-refractivity contribution is 6.03. The van der Waals surface area contributed by atoms with Gasteiger partial charge in [0.05, 0.1) is 11.9 Å². The van der Waals surface area contributed by atoms with Crippen LogP contribution in [0.4, 0.5) is 30.7 Å². The summed E-state index contributed by atoms with van der Waals surface area (Å²) in [7, 11) is 0. The van der Waals surface area contributed by atoms with E-state index in [2.05, 4.69) is 25.5 Å². The summed E-state index contributed by atoms with van der Waals surface area (Å²) in [6.45, 7) is 3.37. The number of oxazole rings is 1. The van der Waals surface area contributed by atoms with Crippen LogP contribution in [-0.2, 0) is 11.0 Å². The summed E-state index contributed by atoms with van der Waals surface area (Å²) in [6.07, 6.45) is 3.97. The quantitative estimate of drug-likeness (QED) is 0.515. The Morgan fingerprint density at radius 1 is 0.974 bits per heavy atom. The molecule has 38 heavy (non-hydrogen) atoms. The first-order valence-corrected chi connectivity index (χ1v) is 13.4. The van der Waals surface area contributed by atoms with Crippen LogP contribution in [0.5, 0.6) is 0 Å². The molecule has 0 atom stereocenters. The molecule has 0 unspecified atom stereocenters. The predicted octanol–water partition coefficient (Wildman–Crippen LogP) is 4.46. The van der Waals surface area contributed by atoms with Gasteiger partial charge < -0.3 is 24.9 Å². The molecule has 3 aliphatic rings. The second kappa shape index (κ2) is 11.2. The smallest absolute Gasteiger partial charge is 0.417 e. The maximum Gasteiger partial charge on any atom is 0.437 e. The van der Waals surface area contributed by atoms with Crippen LogP contribution >= 0.6 is 0 Å². The average molecular weight is 535 g/mol. The minimum absolute atomic E-state index is 0.122. The molecule has 0 spiro atoms. The summed E-state index contributed by atoms with van der Waals surface area (Å²) in [4.78, 5) is 36.6. The molecule has 0 radical (unpaired) electrons. The van der Waals surface area contributed by atoms with Gasteiger partial charge in [0, 0.05) is 39.1 Å². The summed E-state index contributed by atoms with van der Waals surface area (Å²) >= 11 is 0. The van der Waals surface area contributed by atoms with Gasteiger partial charge in [0.2, 0.25) is 11.7 Å². The lowest BCUT2D eigenvalue weighted by molar-refractivity contribution is -0.141. The normalized spacial score (nSPS) is 18.9. The van der Waals surface area contributed by atoms with Gasteiger partial charge in [0.25, 0.3) is 11.9 Å². The highest BCUT2D eigenvalue weighted by Crippen LogP contribution is 2.35. The second-order valence-corrected chi connectivity index (χ2v) is 10.5. The first-order valence-electron chi connectivity index (χ1n) is 13.4. The summed E-state index contributed by atoms with van der Waals surface area (Å²) in [5.74, 6) is -0.0452. The minimum atomic E-state index is -4.82. The van der Waals surface area contributed by atoms with Gasteiger partial charge in [0.15, 0.2) is 5.69 Å². The number of rotatable bonds is 8. The van der Waals surface area contributed by atoms with E-state index in [1.165, 1.54) is 19.0 Å². The van der Waals surface area contributed by atoms with Crippen molar-refractivity contribution < 1.29 is 27.2 Å². The summed E-state index contributed by atoms with van der Waals surface area (Å²) in [5, 5.41) is 5.48. The molecule has 2 saturated heterocycles. The van der Waals surface area contributed by atoms with Gasteiger partial charge in [-0.3, -0.25) is 9.59 Å². The van der Waals surface area contributed by atoms with E-state index in [1.54, 1.807) is 17.0 Å². The van der Waals surface area contributed by atoms with E-state index in [-0.39, 0.29) is 17.6 Å². The van der Waals surface area contributed by atoms with Gasteiger partial charge in [-0.2, -0.15) is 18.2 Å². The van der Waals surface area contributed by atoms with Crippen molar-refractivity contribution in [1.29, 1.82) is 0 Å². The third-order valence-electron chi connectivity index (χ3n) is 7.42. The van der Waals surface area contributed by atoms with Crippen molar-refractivity contribution in [3.05, 3.63) is 29.8 Å². The lowest BCUT2D eigenvalue weighted by Gasteiger charge is -2.32. The van der Waals surface area contributed by atoms with Crippen LogP contribution < -0.4 is 20.4 Å². The Morgan fingerprint density at radius 3 is 2.34 bits per heavy atom. The molecule has 2 aromatic heterocycles. The van der Waals surface area contributed by atoms with Crippen molar-refractivity contribution >= 4 is 29.3 Å². The number of pyridine rings is 1. The van der Waals surface area contributed by atoms with Crippen LogP contribution in [0.1, 0.15) is 67.6 Å². The van der Waals surface area contributed by atoms with Gasteiger partial charge in [-0.25, -0.2) is 4.98 Å². The largest absolute Gasteiger partial charge is 0.437 e. The highest BCUT2D eigenvalue weighted by Gasteiger charge is 2.42. The average Bonchev–Trinajstić information content (AvgIpc) is 3.63. The third-order valence-corrected chi connectivity index (χ3v) is 7.42. The van der Waals surface area contributed by atoms with Crippen LogP contribution in [0.3, 0.4) is 0 Å². The van der Waals surface area contributed by atoms with Crippen LogP contribution in [0, 0.1) is 11.8 Å². The van der Waals surface area contributed by atoms with E-state index >= 15 is 0 Å². The second-order valence-electron chi connectivity index (χ2n) is 10.5. The fourth-order valence-corrected chi connectivity index (χ4v) is 4.99. The standard InChI is InChI=1S/C26H33F3N6O3/c27-26(28,29)23-22(38-25(33-23)35-10-2-1-3-11-35)24(37)32-19-6-7-20(30-16-19)34-12-8-17(9-13-34)14-21(36)31-15-18-4-5-18/h6-7,16-18H,1-5,8-15H2,(H,31,36)(H,32,37). The summed E-state index contributed by atoms with van der Waals surface area (Å²) in [6, 6.07) is 3.15. The van der Waals surface area contributed by atoms with Crippen molar-refractivity contribution in [1.82, 2.24) is 15.3 Å². The third kappa shape index (κ3) is 6.57.